The highest BCUT2D eigenvalue weighted by molar-refractivity contribution is 6.04. The minimum absolute atomic E-state index is 0.0196. The molecule has 6 fully saturated rings. The van der Waals surface area contributed by atoms with Crippen LogP contribution in [-0.4, -0.2) is 150 Å². The number of fused-ring (bicyclic) bond motifs is 5. The number of carbonyl (C=O) groups excluding carboxylic acids is 4. The van der Waals surface area contributed by atoms with E-state index in [1.54, 1.807) is 16.0 Å². The highest BCUT2D eigenvalue weighted by Crippen LogP contribution is 2.58. The Kier molecular flexibility index (Phi) is 13.5. The van der Waals surface area contributed by atoms with Crippen molar-refractivity contribution in [3.63, 3.8) is 0 Å². The number of amides is 5. The summed E-state index contributed by atoms with van der Waals surface area (Å²) in [6, 6.07) is 3.82. The van der Waals surface area contributed by atoms with Crippen molar-refractivity contribution in [2.75, 3.05) is 83.7 Å². The average molecular weight is 920 g/mol. The molecule has 0 radical (unpaired) electrons. The molecule has 15 heteroatoms. The molecule has 2 N–H and O–H groups in total. The normalized spacial score (nSPS) is 26.4. The molecule has 15 nitrogen and oxygen atoms in total. The van der Waals surface area contributed by atoms with Crippen LogP contribution >= 0.6 is 0 Å². The zero-order valence-corrected chi connectivity index (χ0v) is 40.3. The molecule has 7 heterocycles. The number of aromatic amines is 1. The van der Waals surface area contributed by atoms with Crippen molar-refractivity contribution in [2.45, 2.75) is 134 Å². The standard InChI is InChI=1S/C52H73N9O6/c1-32(2)39(29-45(62)58-19-23-66-24-20-58)50(63)60-15-5-7-42(60)40-28-37(30-53-40)38-11-12-43(47-36-10-9-35(27-36)46(38)47)57-17-13-34(14-18-57)41-31-54-49(55-41)44-8-6-16-61(44)51(64)48(33(3)4)56-52(65)59-21-25-67-26-22-59/h11-12,30-36,39,42,44,48H,5-10,13-29H2,1-4H3,(H,54,55)(H,56,65)/t35?,36?,39-,42-,44-,48-/m0/s1. The van der Waals surface area contributed by atoms with Crippen molar-refractivity contribution in [2.24, 2.45) is 22.7 Å². The quantitative estimate of drug-likeness (QED) is 0.242. The lowest BCUT2D eigenvalue weighted by Crippen LogP contribution is -2.55. The number of benzene rings is 1. The molecule has 5 amide bonds. The monoisotopic (exact) mass is 920 g/mol. The number of carbonyl (C=O) groups is 4. The summed E-state index contributed by atoms with van der Waals surface area (Å²) in [7, 11) is 0. The van der Waals surface area contributed by atoms with E-state index in [4.69, 9.17) is 19.5 Å². The number of ether oxygens (including phenoxy) is 2. The average Bonchev–Trinajstić information content (AvgIpc) is 4.22. The summed E-state index contributed by atoms with van der Waals surface area (Å²) in [5, 5.41) is 3.06. The van der Waals surface area contributed by atoms with Gasteiger partial charge in [-0.2, -0.15) is 0 Å². The van der Waals surface area contributed by atoms with Crippen molar-refractivity contribution < 1.29 is 28.7 Å². The van der Waals surface area contributed by atoms with Gasteiger partial charge in [-0.15, -0.1) is 0 Å². The highest BCUT2D eigenvalue weighted by atomic mass is 16.5. The Morgan fingerprint density at radius 3 is 2.07 bits per heavy atom. The largest absolute Gasteiger partial charge is 0.378 e. The van der Waals surface area contributed by atoms with Gasteiger partial charge in [0.05, 0.1) is 38.5 Å². The molecular formula is C52H73N9O6. The van der Waals surface area contributed by atoms with Crippen LogP contribution in [0.4, 0.5) is 10.5 Å². The van der Waals surface area contributed by atoms with E-state index in [9.17, 15) is 19.2 Å². The number of hydrogen-bond acceptors (Lipinski definition) is 9. The lowest BCUT2D eigenvalue weighted by molar-refractivity contribution is -0.144. The smallest absolute Gasteiger partial charge is 0.318 e. The maximum Gasteiger partial charge on any atom is 0.318 e. The third-order valence-electron chi connectivity index (χ3n) is 16.7. The fourth-order valence-electron chi connectivity index (χ4n) is 12.9. The second-order valence-corrected chi connectivity index (χ2v) is 21.3. The number of morpholine rings is 2. The lowest BCUT2D eigenvalue weighted by atomic mass is 9.83. The first kappa shape index (κ1) is 46.0. The first-order valence-electron chi connectivity index (χ1n) is 25.9. The van der Waals surface area contributed by atoms with Crippen LogP contribution in [0.15, 0.2) is 29.5 Å². The van der Waals surface area contributed by atoms with Gasteiger partial charge in [0.15, 0.2) is 0 Å². The van der Waals surface area contributed by atoms with Crippen molar-refractivity contribution >= 4 is 40.7 Å². The van der Waals surface area contributed by atoms with E-state index in [-0.39, 0.29) is 60.0 Å². The predicted octanol–water partition coefficient (Wildman–Crippen LogP) is 6.59. The number of likely N-dealkylation sites (tertiary alicyclic amines) is 2. The molecule has 1 aromatic heterocycles. The number of aliphatic imine (C=N–C) groups is 1. The van der Waals surface area contributed by atoms with Gasteiger partial charge in [-0.05, 0) is 110 Å². The number of piperidine rings is 1. The van der Waals surface area contributed by atoms with Crippen LogP contribution in [0.25, 0.3) is 5.57 Å². The van der Waals surface area contributed by atoms with E-state index in [0.29, 0.717) is 76.9 Å². The molecule has 362 valence electrons. The number of urea groups is 1. The van der Waals surface area contributed by atoms with Gasteiger partial charge in [-0.1, -0.05) is 33.8 Å². The minimum Gasteiger partial charge on any atom is -0.378 e. The zero-order valence-electron chi connectivity index (χ0n) is 40.3. The van der Waals surface area contributed by atoms with E-state index < -0.39 is 6.04 Å². The lowest BCUT2D eigenvalue weighted by Gasteiger charge is -2.36. The van der Waals surface area contributed by atoms with Crippen molar-refractivity contribution in [3.05, 3.63) is 52.7 Å². The van der Waals surface area contributed by atoms with Crippen LogP contribution in [0.2, 0.25) is 0 Å². The number of nitrogens with zero attached hydrogens (tertiary/aromatic N) is 7. The Morgan fingerprint density at radius 2 is 1.39 bits per heavy atom. The third kappa shape index (κ3) is 9.15. The van der Waals surface area contributed by atoms with Crippen molar-refractivity contribution in [3.8, 4) is 0 Å². The topological polar surface area (TPSA) is 156 Å². The van der Waals surface area contributed by atoms with Crippen LogP contribution in [0.5, 0.6) is 0 Å². The second-order valence-electron chi connectivity index (χ2n) is 21.3. The van der Waals surface area contributed by atoms with Crippen LogP contribution in [0, 0.1) is 17.8 Å². The van der Waals surface area contributed by atoms with E-state index >= 15 is 0 Å². The number of nitrogens with one attached hydrogen (secondary N) is 2. The van der Waals surface area contributed by atoms with E-state index in [2.05, 4.69) is 52.3 Å². The van der Waals surface area contributed by atoms with Gasteiger partial charge in [-0.25, -0.2) is 9.78 Å². The number of imidazole rings is 1. The molecule has 5 saturated heterocycles. The molecule has 6 atom stereocenters. The predicted molar refractivity (Wildman–Crippen MR) is 257 cm³/mol. The van der Waals surface area contributed by atoms with Crippen molar-refractivity contribution in [1.82, 2.24) is 34.9 Å². The Morgan fingerprint density at radius 1 is 0.731 bits per heavy atom. The van der Waals surface area contributed by atoms with Crippen LogP contribution in [-0.2, 0) is 23.9 Å². The number of H-pyrrole nitrogens is 1. The Bertz CT molecular complexity index is 2230. The van der Waals surface area contributed by atoms with Crippen LogP contribution in [0.1, 0.15) is 150 Å². The summed E-state index contributed by atoms with van der Waals surface area (Å²) in [5.41, 5.74) is 9.41. The van der Waals surface area contributed by atoms with Crippen LogP contribution < -0.4 is 10.2 Å². The molecule has 10 rings (SSSR count). The Hall–Kier alpha value is -4.76. The van der Waals surface area contributed by atoms with E-state index in [1.807, 2.05) is 29.8 Å². The minimum atomic E-state index is -0.602. The van der Waals surface area contributed by atoms with Gasteiger partial charge in [0.1, 0.15) is 11.9 Å². The van der Waals surface area contributed by atoms with Gasteiger partial charge in [0, 0.05) is 107 Å². The molecule has 8 aliphatic rings. The van der Waals surface area contributed by atoms with Crippen LogP contribution in [0.3, 0.4) is 0 Å². The molecular weight excluding hydrogens is 847 g/mol. The summed E-state index contributed by atoms with van der Waals surface area (Å²) in [5.74, 6) is 2.20. The first-order valence-corrected chi connectivity index (χ1v) is 25.9. The first-order chi connectivity index (χ1) is 32.5. The Labute approximate surface area is 396 Å². The summed E-state index contributed by atoms with van der Waals surface area (Å²) in [6.45, 7) is 15.9. The SMILES string of the molecule is CC(C)[C@H](CC(=O)N1CCOCC1)C(=O)N1CCC[C@H]1C1=NC=C(c2ccc(N3CCC(c4cnc([C@@H]5CCCN5C(=O)[C@@H](NC(=O)N5CCOCC5)C(C)C)[nH]4)CC3)c3c2C2CCC3C2)C1. The molecule has 2 bridgehead atoms. The zero-order chi connectivity index (χ0) is 46.3. The summed E-state index contributed by atoms with van der Waals surface area (Å²) in [6.07, 6.45) is 14.5. The number of anilines is 1. The van der Waals surface area contributed by atoms with Gasteiger partial charge in [-0.3, -0.25) is 19.4 Å². The Balaban J connectivity index is 0.776. The summed E-state index contributed by atoms with van der Waals surface area (Å²) >= 11 is 0. The van der Waals surface area contributed by atoms with Gasteiger partial charge < -0.3 is 44.3 Å². The third-order valence-corrected chi connectivity index (χ3v) is 16.7. The van der Waals surface area contributed by atoms with E-state index in [1.165, 1.54) is 36.1 Å². The van der Waals surface area contributed by atoms with E-state index in [0.717, 1.165) is 81.8 Å². The molecule has 67 heavy (non-hydrogen) atoms. The molecule has 2 aliphatic carbocycles. The van der Waals surface area contributed by atoms with Gasteiger partial charge >= 0.3 is 6.03 Å². The number of hydrogen-bond donors (Lipinski definition) is 2. The maximum atomic E-state index is 14.3. The molecule has 2 aromatic rings. The summed E-state index contributed by atoms with van der Waals surface area (Å²) < 4.78 is 10.9. The number of aromatic nitrogens is 2. The second kappa shape index (κ2) is 19.7. The molecule has 6 aliphatic heterocycles. The maximum absolute atomic E-state index is 14.3. The molecule has 1 aromatic carbocycles. The fourth-order valence-corrected chi connectivity index (χ4v) is 12.9. The molecule has 2 unspecified atom stereocenters. The number of rotatable bonds is 12. The van der Waals surface area contributed by atoms with Gasteiger partial charge in [0.2, 0.25) is 17.7 Å². The van der Waals surface area contributed by atoms with Gasteiger partial charge in [0.25, 0.3) is 0 Å². The summed E-state index contributed by atoms with van der Waals surface area (Å²) in [4.78, 5) is 78.7. The highest BCUT2D eigenvalue weighted by Gasteiger charge is 2.44. The molecule has 1 saturated carbocycles. The van der Waals surface area contributed by atoms with Crippen molar-refractivity contribution in [1.29, 1.82) is 0 Å². The number of allylic oxidation sites excluding steroid dienone is 1. The molecule has 0 spiro atoms. The fraction of sp³-hybridized carbons (Fsp3) is 0.692.